The van der Waals surface area contributed by atoms with Crippen molar-refractivity contribution in [1.29, 1.82) is 5.41 Å². The van der Waals surface area contributed by atoms with Crippen LogP contribution in [0.5, 0.6) is 0 Å². The molecule has 2 N–H and O–H groups in total. The third-order valence-electron chi connectivity index (χ3n) is 12.4. The Morgan fingerprint density at radius 2 is 1.13 bits per heavy atom. The van der Waals surface area contributed by atoms with Gasteiger partial charge in [-0.05, 0) is 74.1 Å². The highest BCUT2D eigenvalue weighted by molar-refractivity contribution is 7.28. The van der Waals surface area contributed by atoms with E-state index < -0.39 is 0 Å². The summed E-state index contributed by atoms with van der Waals surface area (Å²) >= 11 is 1.89. The number of thiophene rings is 1. The Bertz CT molecular complexity index is 3990. The van der Waals surface area contributed by atoms with Gasteiger partial charge in [-0.1, -0.05) is 146 Å². The Morgan fingerprint density at radius 1 is 0.492 bits per heavy atom. The molecule has 5 nitrogen and oxygen atoms in total. The Morgan fingerprint density at radius 3 is 1.95 bits per heavy atom. The molecule has 0 atom stereocenters. The number of benzene rings is 9. The summed E-state index contributed by atoms with van der Waals surface area (Å²) in [7, 11) is 0. The van der Waals surface area contributed by atoms with Crippen molar-refractivity contribution in [2.24, 2.45) is 0 Å². The third-order valence-corrected chi connectivity index (χ3v) is 13.7. The standard InChI is InChI=1S/C55H33N5S/c56-44-21-9-3-15-35(44)31-57-60-47-24-12-8-18-38(47)39-27-26-34(30-48(39)60)52-53(59-46-23-11-10-22-45(46)58-52)43-29-33-14-2-4-16-36(33)49-40-19-6-7-20-41(40)50-42-28-25-32-13-1-5-17-37(32)54(42)61-55(50)51(43)49/h1-31,56-57H/b35-31-,56-44?. The molecule has 0 bridgehead atoms. The molecule has 0 amide bonds. The highest BCUT2D eigenvalue weighted by Gasteiger charge is 2.24. The molecular weight excluding hydrogens is 763 g/mol. The van der Waals surface area contributed by atoms with Crippen LogP contribution in [-0.4, -0.2) is 20.4 Å². The molecule has 0 saturated heterocycles. The molecule has 0 radical (unpaired) electrons. The maximum atomic E-state index is 8.52. The lowest BCUT2D eigenvalue weighted by Gasteiger charge is -2.17. The number of para-hydroxylation sites is 3. The van der Waals surface area contributed by atoms with Gasteiger partial charge >= 0.3 is 0 Å². The van der Waals surface area contributed by atoms with E-state index in [4.69, 9.17) is 15.4 Å². The molecule has 6 heteroatoms. The first-order valence-electron chi connectivity index (χ1n) is 20.5. The van der Waals surface area contributed by atoms with Crippen molar-refractivity contribution in [3.05, 3.63) is 194 Å². The number of hydrogen-bond donors (Lipinski definition) is 2. The van der Waals surface area contributed by atoms with Crippen molar-refractivity contribution in [3.63, 3.8) is 0 Å². The number of aromatic nitrogens is 3. The van der Waals surface area contributed by atoms with E-state index in [-0.39, 0.29) is 0 Å². The van der Waals surface area contributed by atoms with Gasteiger partial charge in [0.05, 0.1) is 39.2 Å². The summed E-state index contributed by atoms with van der Waals surface area (Å²) in [5.74, 6) is 0. The quantitative estimate of drug-likeness (QED) is 0.174. The molecule has 0 spiro atoms. The maximum Gasteiger partial charge on any atom is 0.0980 e. The number of fused-ring (bicyclic) bond motifs is 16. The number of rotatable bonds is 4. The SMILES string of the molecule is N=C1C=CC=C/C1=C/Nn1c2ccccc2c2ccc(-c3nc4ccccc4nc3-c3cc4ccccc4c4c5ccccc5c5c6ccc7ccccc7c6sc5c34)cc21. The van der Waals surface area contributed by atoms with Crippen LogP contribution in [0.25, 0.3) is 119 Å². The van der Waals surface area contributed by atoms with Crippen molar-refractivity contribution in [2.45, 2.75) is 0 Å². The Balaban J connectivity index is 1.16. The largest absolute Gasteiger partial charge is 0.300 e. The summed E-state index contributed by atoms with van der Waals surface area (Å²) in [6, 6.07) is 56.7. The van der Waals surface area contributed by atoms with Gasteiger partial charge in [0.2, 0.25) is 0 Å². The first-order valence-corrected chi connectivity index (χ1v) is 21.3. The topological polar surface area (TPSA) is 66.6 Å². The molecule has 13 rings (SSSR count). The second-order valence-corrected chi connectivity index (χ2v) is 16.8. The maximum absolute atomic E-state index is 8.52. The predicted octanol–water partition coefficient (Wildman–Crippen LogP) is 14.6. The number of allylic oxidation sites excluding steroid dienone is 5. The van der Waals surface area contributed by atoms with Gasteiger partial charge in [-0.3, -0.25) is 4.68 Å². The average Bonchev–Trinajstić information content (AvgIpc) is 3.87. The second kappa shape index (κ2) is 13.0. The van der Waals surface area contributed by atoms with Crippen LogP contribution in [-0.2, 0) is 0 Å². The van der Waals surface area contributed by atoms with E-state index in [9.17, 15) is 0 Å². The van der Waals surface area contributed by atoms with Gasteiger partial charge in [0.1, 0.15) is 0 Å². The van der Waals surface area contributed by atoms with E-state index >= 15 is 0 Å². The van der Waals surface area contributed by atoms with E-state index in [2.05, 4.69) is 156 Å². The number of hydrogen-bond acceptors (Lipinski definition) is 5. The Labute approximate surface area is 353 Å². The molecule has 3 aromatic heterocycles. The molecule has 3 heterocycles. The normalized spacial score (nSPS) is 13.8. The van der Waals surface area contributed by atoms with Gasteiger partial charge in [0.25, 0.3) is 0 Å². The molecule has 1 aliphatic carbocycles. The van der Waals surface area contributed by atoms with E-state index in [1.165, 1.54) is 57.9 Å². The van der Waals surface area contributed by atoms with E-state index in [0.717, 1.165) is 66.3 Å². The fourth-order valence-corrected chi connectivity index (χ4v) is 11.1. The molecule has 0 saturated carbocycles. The van der Waals surface area contributed by atoms with Crippen molar-refractivity contribution >= 4 is 113 Å². The molecule has 0 unspecified atom stereocenters. The fourth-order valence-electron chi connectivity index (χ4n) is 9.64. The van der Waals surface area contributed by atoms with Crippen LogP contribution in [0.4, 0.5) is 0 Å². The van der Waals surface area contributed by atoms with Crippen LogP contribution in [0.2, 0.25) is 0 Å². The van der Waals surface area contributed by atoms with Crippen LogP contribution in [0.3, 0.4) is 0 Å². The van der Waals surface area contributed by atoms with E-state index in [1.807, 2.05) is 54.0 Å². The molecule has 0 fully saturated rings. The predicted molar refractivity (Wildman–Crippen MR) is 260 cm³/mol. The fraction of sp³-hybridized carbons (Fsp3) is 0. The van der Waals surface area contributed by atoms with Gasteiger partial charge in [-0.25, -0.2) is 9.97 Å². The minimum atomic E-state index is 0.462. The van der Waals surface area contributed by atoms with Crippen LogP contribution in [0.1, 0.15) is 0 Å². The van der Waals surface area contributed by atoms with Gasteiger partial charge in [0.15, 0.2) is 0 Å². The minimum Gasteiger partial charge on any atom is -0.300 e. The average molecular weight is 796 g/mol. The van der Waals surface area contributed by atoms with E-state index in [1.54, 1.807) is 0 Å². The van der Waals surface area contributed by atoms with Gasteiger partial charge in [0, 0.05) is 59.2 Å². The third kappa shape index (κ3) is 5.03. The zero-order valence-electron chi connectivity index (χ0n) is 32.6. The lowest BCUT2D eigenvalue weighted by Crippen LogP contribution is -2.10. The monoisotopic (exact) mass is 795 g/mol. The second-order valence-electron chi connectivity index (χ2n) is 15.8. The van der Waals surface area contributed by atoms with Crippen LogP contribution in [0, 0.1) is 5.41 Å². The van der Waals surface area contributed by atoms with Crippen molar-refractivity contribution in [2.75, 3.05) is 5.43 Å². The summed E-state index contributed by atoms with van der Waals surface area (Å²) in [4.78, 5) is 11.1. The molecule has 61 heavy (non-hydrogen) atoms. The summed E-state index contributed by atoms with van der Waals surface area (Å²) < 4.78 is 4.68. The zero-order valence-corrected chi connectivity index (χ0v) is 33.5. The molecule has 284 valence electrons. The number of nitrogens with one attached hydrogen (secondary N) is 2. The van der Waals surface area contributed by atoms with Crippen molar-refractivity contribution in [1.82, 2.24) is 14.6 Å². The molecule has 1 aliphatic rings. The van der Waals surface area contributed by atoms with Crippen molar-refractivity contribution < 1.29 is 0 Å². The summed E-state index contributed by atoms with van der Waals surface area (Å²) in [6.07, 6.45) is 9.53. The van der Waals surface area contributed by atoms with E-state index in [0.29, 0.717) is 5.71 Å². The molecule has 9 aromatic carbocycles. The van der Waals surface area contributed by atoms with Gasteiger partial charge in [-0.2, -0.15) is 0 Å². The number of nitrogens with zero attached hydrogens (tertiary/aromatic N) is 3. The lowest BCUT2D eigenvalue weighted by atomic mass is 9.88. The smallest absolute Gasteiger partial charge is 0.0980 e. The van der Waals surface area contributed by atoms with Gasteiger partial charge in [-0.15, -0.1) is 11.3 Å². The Kier molecular flexibility index (Phi) is 7.26. The highest BCUT2D eigenvalue weighted by Crippen LogP contribution is 2.51. The summed E-state index contributed by atoms with van der Waals surface area (Å²) in [6.45, 7) is 0. The van der Waals surface area contributed by atoms with Crippen LogP contribution >= 0.6 is 11.3 Å². The van der Waals surface area contributed by atoms with Gasteiger partial charge < -0.3 is 10.8 Å². The molecular formula is C55H33N5S. The van der Waals surface area contributed by atoms with Crippen LogP contribution < -0.4 is 5.43 Å². The summed E-state index contributed by atoms with van der Waals surface area (Å²) in [5, 5.41) is 23.2. The molecule has 12 aromatic rings. The summed E-state index contributed by atoms with van der Waals surface area (Å²) in [5.41, 5.74) is 12.3. The first kappa shape index (κ1) is 34.0. The van der Waals surface area contributed by atoms with Crippen LogP contribution in [0.15, 0.2) is 194 Å². The Hall–Kier alpha value is -7.93. The minimum absolute atomic E-state index is 0.462. The molecule has 0 aliphatic heterocycles. The van der Waals surface area contributed by atoms with Crippen molar-refractivity contribution in [3.8, 4) is 22.5 Å². The first-order chi connectivity index (χ1) is 30.2. The lowest BCUT2D eigenvalue weighted by molar-refractivity contribution is 1.05. The highest BCUT2D eigenvalue weighted by atomic mass is 32.1. The zero-order chi connectivity index (χ0) is 40.2.